The van der Waals surface area contributed by atoms with Gasteiger partial charge in [-0.3, -0.25) is 14.9 Å². The summed E-state index contributed by atoms with van der Waals surface area (Å²) in [6.45, 7) is 9.43. The number of ether oxygens (including phenoxy) is 2. The fraction of sp³-hybridized carbons (Fsp3) is 0.895. The average molecular weight is 624 g/mol. The first-order valence-corrected chi connectivity index (χ1v) is 19.0. The van der Waals surface area contributed by atoms with E-state index in [1.807, 2.05) is 0 Å². The highest BCUT2D eigenvalue weighted by molar-refractivity contribution is 5.81. The number of carboxylic acid groups (broad SMARTS) is 1. The minimum Gasteiger partial charge on any atom is -0.492 e. The summed E-state index contributed by atoms with van der Waals surface area (Å²) in [4.78, 5) is 23.9. The first-order valence-electron chi connectivity index (χ1n) is 19.0. The number of carbonyl (C=O) groups excluding carboxylic acids is 1. The zero-order chi connectivity index (χ0) is 32.5. The molecule has 0 bridgehead atoms. The highest BCUT2D eigenvalue weighted by Gasteiger charge is 2.19. The predicted molar refractivity (Wildman–Crippen MR) is 186 cm³/mol. The van der Waals surface area contributed by atoms with E-state index in [0.29, 0.717) is 12.5 Å². The number of allylic oxidation sites excluding steroid dienone is 1. The zero-order valence-electron chi connectivity index (χ0n) is 29.7. The quantitative estimate of drug-likeness (QED) is 0.0550. The number of rotatable bonds is 34. The summed E-state index contributed by atoms with van der Waals surface area (Å²) in [5.41, 5.74) is 0. The molecule has 0 heterocycles. The molecule has 0 saturated carbocycles. The molecule has 2 N–H and O–H groups in total. The van der Waals surface area contributed by atoms with Crippen LogP contribution < -0.4 is 5.32 Å². The van der Waals surface area contributed by atoms with Crippen molar-refractivity contribution in [3.05, 3.63) is 11.6 Å². The van der Waals surface area contributed by atoms with Crippen LogP contribution in [0.15, 0.2) is 11.6 Å². The van der Waals surface area contributed by atoms with E-state index in [2.05, 4.69) is 33.0 Å². The van der Waals surface area contributed by atoms with Crippen LogP contribution in [0.4, 0.5) is 0 Å². The lowest BCUT2D eigenvalue weighted by Crippen LogP contribution is -2.29. The maximum atomic E-state index is 12.8. The van der Waals surface area contributed by atoms with Crippen LogP contribution in [-0.2, 0) is 19.1 Å². The molecule has 0 aromatic rings. The summed E-state index contributed by atoms with van der Waals surface area (Å²) in [7, 11) is 0. The van der Waals surface area contributed by atoms with Gasteiger partial charge in [-0.25, -0.2) is 0 Å². The summed E-state index contributed by atoms with van der Waals surface area (Å²) >= 11 is 0. The molecule has 0 saturated heterocycles. The van der Waals surface area contributed by atoms with Crippen molar-refractivity contribution in [3.63, 3.8) is 0 Å². The third-order valence-electron chi connectivity index (χ3n) is 8.38. The number of carboxylic acids is 1. The zero-order valence-corrected chi connectivity index (χ0v) is 29.7. The van der Waals surface area contributed by atoms with Gasteiger partial charge in [0.2, 0.25) is 11.8 Å². The van der Waals surface area contributed by atoms with E-state index in [1.165, 1.54) is 109 Å². The van der Waals surface area contributed by atoms with Crippen LogP contribution >= 0.6 is 0 Å². The van der Waals surface area contributed by atoms with Crippen molar-refractivity contribution in [3.8, 4) is 0 Å². The Labute approximate surface area is 272 Å². The molecular weight excluding hydrogens is 550 g/mol. The Morgan fingerprint density at radius 2 is 1.02 bits per heavy atom. The average Bonchev–Trinajstić information content (AvgIpc) is 3.00. The molecule has 6 nitrogen and oxygen atoms in total. The molecule has 0 aliphatic heterocycles. The van der Waals surface area contributed by atoms with Gasteiger partial charge in [0.05, 0.1) is 13.0 Å². The minimum absolute atomic E-state index is 0.0154. The van der Waals surface area contributed by atoms with E-state index >= 15 is 0 Å². The second-order valence-corrected chi connectivity index (χ2v) is 12.8. The number of carbonyl (C=O) groups is 2. The predicted octanol–water partition coefficient (Wildman–Crippen LogP) is 11.8. The molecule has 1 unspecified atom stereocenters. The molecule has 0 fully saturated rings. The van der Waals surface area contributed by atoms with Crippen molar-refractivity contribution in [2.75, 3.05) is 6.61 Å². The Morgan fingerprint density at radius 1 is 0.545 bits per heavy atom. The first kappa shape index (κ1) is 42.3. The van der Waals surface area contributed by atoms with Crippen LogP contribution in [0.25, 0.3) is 0 Å². The summed E-state index contributed by atoms with van der Waals surface area (Å²) < 4.78 is 12.8. The molecule has 0 spiro atoms. The second kappa shape index (κ2) is 32.7. The maximum absolute atomic E-state index is 12.8. The number of hydrogen-bond donors (Lipinski definition) is 2. The third-order valence-corrected chi connectivity index (χ3v) is 8.38. The van der Waals surface area contributed by atoms with Gasteiger partial charge < -0.3 is 14.6 Å². The number of hydrogen-bond acceptors (Lipinski definition) is 4. The molecule has 0 aliphatic rings. The Bertz CT molecular complexity index is 693. The number of nitrogens with one attached hydrogen (secondary N) is 1. The van der Waals surface area contributed by atoms with E-state index in [1.54, 1.807) is 0 Å². The highest BCUT2D eigenvalue weighted by Crippen LogP contribution is 2.22. The van der Waals surface area contributed by atoms with Crippen molar-refractivity contribution in [2.45, 2.75) is 214 Å². The van der Waals surface area contributed by atoms with Gasteiger partial charge in [-0.2, -0.15) is 0 Å². The van der Waals surface area contributed by atoms with Crippen LogP contribution in [0.2, 0.25) is 0 Å². The molecular formula is C38H73NO5. The molecule has 6 heteroatoms. The monoisotopic (exact) mass is 624 g/mol. The fourth-order valence-corrected chi connectivity index (χ4v) is 5.55. The molecule has 0 radical (unpaired) electrons. The van der Waals surface area contributed by atoms with Gasteiger partial charge in [0.15, 0.2) is 5.76 Å². The summed E-state index contributed by atoms with van der Waals surface area (Å²) in [5, 5.41) is 12.0. The van der Waals surface area contributed by atoms with Crippen molar-refractivity contribution >= 4 is 11.9 Å². The van der Waals surface area contributed by atoms with Crippen LogP contribution in [-0.4, -0.2) is 29.7 Å². The topological polar surface area (TPSA) is 84.9 Å². The number of amides is 1. The Kier molecular flexibility index (Phi) is 31.4. The molecule has 0 aromatic carbocycles. The highest BCUT2D eigenvalue weighted by atomic mass is 16.5. The molecule has 260 valence electrons. The van der Waals surface area contributed by atoms with E-state index < -0.39 is 5.97 Å². The van der Waals surface area contributed by atoms with E-state index in [0.717, 1.165) is 63.5 Å². The van der Waals surface area contributed by atoms with Gasteiger partial charge in [-0.1, -0.05) is 156 Å². The maximum Gasteiger partial charge on any atom is 0.303 e. The third kappa shape index (κ3) is 27.8. The number of aliphatic carboxylic acids is 1. The lowest BCUT2D eigenvalue weighted by Gasteiger charge is -2.24. The molecule has 0 aromatic heterocycles. The molecule has 1 atom stereocenters. The summed E-state index contributed by atoms with van der Waals surface area (Å²) in [5.74, 6) is -0.138. The molecule has 44 heavy (non-hydrogen) atoms. The van der Waals surface area contributed by atoms with Crippen LogP contribution in [0.1, 0.15) is 207 Å². The SMILES string of the molecule is CCCCCCCCCCCCCC/C(OCCCC)=C(/NC(=O)CCC(=O)O)OC(CCC)CCCCCCCCCC. The smallest absolute Gasteiger partial charge is 0.303 e. The van der Waals surface area contributed by atoms with E-state index in [-0.39, 0.29) is 24.9 Å². The van der Waals surface area contributed by atoms with Crippen molar-refractivity contribution in [1.82, 2.24) is 5.32 Å². The van der Waals surface area contributed by atoms with Crippen LogP contribution in [0.3, 0.4) is 0 Å². The minimum atomic E-state index is -0.971. The van der Waals surface area contributed by atoms with Gasteiger partial charge in [-0.05, 0) is 32.1 Å². The summed E-state index contributed by atoms with van der Waals surface area (Å²) in [6.07, 6.45) is 31.0. The molecule has 0 aliphatic carbocycles. The molecule has 1 amide bonds. The van der Waals surface area contributed by atoms with Gasteiger partial charge in [0, 0.05) is 12.8 Å². The number of unbranched alkanes of at least 4 members (excludes halogenated alkanes) is 19. The second-order valence-electron chi connectivity index (χ2n) is 12.8. The van der Waals surface area contributed by atoms with Gasteiger partial charge in [-0.15, -0.1) is 0 Å². The Hall–Kier alpha value is -1.72. The summed E-state index contributed by atoms with van der Waals surface area (Å²) in [6, 6.07) is 0. The Morgan fingerprint density at radius 3 is 1.50 bits per heavy atom. The lowest BCUT2D eigenvalue weighted by molar-refractivity contribution is -0.138. The first-order chi connectivity index (χ1) is 21.5. The normalized spacial score (nSPS) is 12.5. The van der Waals surface area contributed by atoms with Crippen LogP contribution in [0, 0.1) is 0 Å². The Balaban J connectivity index is 5.14. The van der Waals surface area contributed by atoms with Crippen LogP contribution in [0.5, 0.6) is 0 Å². The standard InChI is InChI=1S/C38H73NO5/c1-5-9-12-14-16-18-19-20-21-23-25-27-30-35(43-33-11-7-3)38(39-36(40)31-32-37(41)42)44-34(28-8-4)29-26-24-22-17-15-13-10-6-2/h34H,5-33H2,1-4H3,(H,39,40)(H,41,42)/b38-35+. The molecule has 0 rings (SSSR count). The van der Waals surface area contributed by atoms with Crippen molar-refractivity contribution in [2.24, 2.45) is 0 Å². The van der Waals surface area contributed by atoms with Gasteiger partial charge in [0.25, 0.3) is 0 Å². The van der Waals surface area contributed by atoms with Crippen molar-refractivity contribution < 1.29 is 24.2 Å². The lowest BCUT2D eigenvalue weighted by atomic mass is 10.0. The van der Waals surface area contributed by atoms with Crippen molar-refractivity contribution in [1.29, 1.82) is 0 Å². The van der Waals surface area contributed by atoms with Gasteiger partial charge in [0.1, 0.15) is 6.10 Å². The van der Waals surface area contributed by atoms with E-state index in [9.17, 15) is 9.59 Å². The fourth-order valence-electron chi connectivity index (χ4n) is 5.55. The van der Waals surface area contributed by atoms with E-state index in [4.69, 9.17) is 14.6 Å². The largest absolute Gasteiger partial charge is 0.492 e. The van der Waals surface area contributed by atoms with Gasteiger partial charge >= 0.3 is 5.97 Å².